The first-order valence-corrected chi connectivity index (χ1v) is 7.98. The minimum Gasteiger partial charge on any atom is -0.307 e. The van der Waals surface area contributed by atoms with E-state index in [1.165, 1.54) is 48.6 Å². The van der Waals surface area contributed by atoms with Gasteiger partial charge in [-0.1, -0.05) is 18.2 Å². The van der Waals surface area contributed by atoms with Gasteiger partial charge in [-0.2, -0.15) is 0 Å². The van der Waals surface area contributed by atoms with E-state index in [-0.39, 0.29) is 0 Å². The monoisotopic (exact) mass is 262 g/mol. The van der Waals surface area contributed by atoms with Crippen molar-refractivity contribution in [1.29, 1.82) is 0 Å². The van der Waals surface area contributed by atoms with Gasteiger partial charge in [0.25, 0.3) is 0 Å². The molecule has 98 valence electrons. The number of nitrogens with one attached hydrogen (secondary N) is 1. The van der Waals surface area contributed by atoms with Crippen molar-refractivity contribution in [2.75, 3.05) is 25.9 Å². The predicted octanol–water partition coefficient (Wildman–Crippen LogP) is 2.91. The van der Waals surface area contributed by atoms with Crippen LogP contribution in [0.25, 0.3) is 0 Å². The summed E-state index contributed by atoms with van der Waals surface area (Å²) in [5.41, 5.74) is 1.52. The van der Waals surface area contributed by atoms with Gasteiger partial charge in [0, 0.05) is 17.0 Å². The molecule has 0 aromatic heterocycles. The van der Waals surface area contributed by atoms with Gasteiger partial charge in [-0.25, -0.2) is 0 Å². The van der Waals surface area contributed by atoms with Gasteiger partial charge in [-0.05, 0) is 56.8 Å². The average Bonchev–Trinajstić information content (AvgIpc) is 2.42. The minimum absolute atomic E-state index is 0.579. The largest absolute Gasteiger partial charge is 0.307 e. The highest BCUT2D eigenvalue weighted by molar-refractivity contribution is 7.99. The molecule has 0 spiro atoms. The molecule has 18 heavy (non-hydrogen) atoms. The first kappa shape index (κ1) is 12.5. The number of hydrogen-bond acceptors (Lipinski definition) is 3. The molecule has 1 N–H and O–H groups in total. The number of piperidine rings is 1. The fraction of sp³-hybridized carbons (Fsp3) is 0.600. The molecule has 2 heterocycles. The number of fused-ring (bicyclic) bond motifs is 1. The van der Waals surface area contributed by atoms with Crippen molar-refractivity contribution >= 4 is 11.8 Å². The molecule has 3 heteroatoms. The normalized spacial score (nSPS) is 25.9. The Morgan fingerprint density at radius 2 is 1.94 bits per heavy atom. The lowest BCUT2D eigenvalue weighted by atomic mass is 9.99. The molecule has 3 rings (SSSR count). The molecule has 0 amide bonds. The van der Waals surface area contributed by atoms with Crippen LogP contribution in [0.15, 0.2) is 29.2 Å². The van der Waals surface area contributed by atoms with E-state index >= 15 is 0 Å². The van der Waals surface area contributed by atoms with Gasteiger partial charge in [0.2, 0.25) is 0 Å². The number of thioether (sulfide) groups is 1. The van der Waals surface area contributed by atoms with E-state index < -0.39 is 0 Å². The summed E-state index contributed by atoms with van der Waals surface area (Å²) in [4.78, 5) is 3.91. The fourth-order valence-electron chi connectivity index (χ4n) is 2.97. The van der Waals surface area contributed by atoms with Crippen LogP contribution in [0.5, 0.6) is 0 Å². The molecule has 1 aromatic rings. The van der Waals surface area contributed by atoms with Crippen LogP contribution in [-0.4, -0.2) is 36.8 Å². The number of likely N-dealkylation sites (tertiary alicyclic amines) is 1. The van der Waals surface area contributed by atoms with Crippen molar-refractivity contribution in [3.63, 3.8) is 0 Å². The third-order valence-electron chi connectivity index (χ3n) is 4.11. The molecule has 2 aliphatic rings. The molecule has 1 saturated heterocycles. The maximum Gasteiger partial charge on any atom is 0.0341 e. The minimum atomic E-state index is 0.579. The molecule has 0 bridgehead atoms. The Balaban J connectivity index is 1.67. The van der Waals surface area contributed by atoms with E-state index in [0.717, 1.165) is 0 Å². The van der Waals surface area contributed by atoms with E-state index in [0.29, 0.717) is 12.1 Å². The van der Waals surface area contributed by atoms with Crippen LogP contribution in [0, 0.1) is 0 Å². The average molecular weight is 262 g/mol. The molecular weight excluding hydrogens is 240 g/mol. The zero-order valence-corrected chi connectivity index (χ0v) is 11.9. The van der Waals surface area contributed by atoms with Crippen LogP contribution in [-0.2, 0) is 0 Å². The lowest BCUT2D eigenvalue weighted by Gasteiger charge is -2.34. The summed E-state index contributed by atoms with van der Waals surface area (Å²) in [6.45, 7) is 2.47. The lowest BCUT2D eigenvalue weighted by Crippen LogP contribution is -2.42. The zero-order valence-electron chi connectivity index (χ0n) is 11.1. The maximum atomic E-state index is 3.89. The summed E-state index contributed by atoms with van der Waals surface area (Å²) in [6, 6.07) is 10.2. The van der Waals surface area contributed by atoms with Gasteiger partial charge < -0.3 is 10.2 Å². The molecule has 1 fully saturated rings. The van der Waals surface area contributed by atoms with Crippen molar-refractivity contribution in [3.05, 3.63) is 29.8 Å². The molecule has 1 atom stereocenters. The van der Waals surface area contributed by atoms with Gasteiger partial charge >= 0.3 is 0 Å². The third kappa shape index (κ3) is 2.73. The Labute approximate surface area is 114 Å². The van der Waals surface area contributed by atoms with E-state index in [4.69, 9.17) is 0 Å². The van der Waals surface area contributed by atoms with Crippen molar-refractivity contribution in [2.45, 2.75) is 36.2 Å². The van der Waals surface area contributed by atoms with Gasteiger partial charge in [0.15, 0.2) is 0 Å². The molecular formula is C15H22N2S. The lowest BCUT2D eigenvalue weighted by molar-refractivity contribution is 0.223. The standard InChI is InChI=1S/C15H22N2S/c1-17-9-6-12(7-10-17)16-14-8-11-18-15-5-3-2-4-13(14)15/h2-5,12,14,16H,6-11H2,1H3. The maximum absolute atomic E-state index is 3.89. The smallest absolute Gasteiger partial charge is 0.0341 e. The fourth-order valence-corrected chi connectivity index (χ4v) is 4.10. The summed E-state index contributed by atoms with van der Waals surface area (Å²) in [6.07, 6.45) is 3.86. The van der Waals surface area contributed by atoms with Crippen molar-refractivity contribution in [1.82, 2.24) is 10.2 Å². The second-order valence-electron chi connectivity index (χ2n) is 5.47. The summed E-state index contributed by atoms with van der Waals surface area (Å²) in [5.74, 6) is 1.25. The van der Waals surface area contributed by atoms with Crippen LogP contribution in [0.4, 0.5) is 0 Å². The Hall–Kier alpha value is -0.510. The molecule has 0 radical (unpaired) electrons. The molecule has 2 nitrogen and oxygen atoms in total. The predicted molar refractivity (Wildman–Crippen MR) is 78.2 cm³/mol. The molecule has 0 saturated carbocycles. The first-order chi connectivity index (χ1) is 8.83. The summed E-state index contributed by atoms with van der Waals surface area (Å²) in [7, 11) is 2.22. The SMILES string of the molecule is CN1CCC(NC2CCSc3ccccc32)CC1. The molecule has 2 aliphatic heterocycles. The Morgan fingerprint density at radius 3 is 2.78 bits per heavy atom. The highest BCUT2D eigenvalue weighted by atomic mass is 32.2. The van der Waals surface area contributed by atoms with Gasteiger partial charge in [0.1, 0.15) is 0 Å². The highest BCUT2D eigenvalue weighted by Gasteiger charge is 2.24. The van der Waals surface area contributed by atoms with Crippen LogP contribution < -0.4 is 5.32 Å². The number of hydrogen-bond donors (Lipinski definition) is 1. The van der Waals surface area contributed by atoms with Crippen molar-refractivity contribution in [2.24, 2.45) is 0 Å². The van der Waals surface area contributed by atoms with Crippen molar-refractivity contribution in [3.8, 4) is 0 Å². The number of benzene rings is 1. The Kier molecular flexibility index (Phi) is 3.92. The van der Waals surface area contributed by atoms with Crippen molar-refractivity contribution < 1.29 is 0 Å². The first-order valence-electron chi connectivity index (χ1n) is 6.99. The van der Waals surface area contributed by atoms with E-state index in [9.17, 15) is 0 Å². The number of rotatable bonds is 2. The summed E-state index contributed by atoms with van der Waals surface area (Å²) >= 11 is 2.01. The summed E-state index contributed by atoms with van der Waals surface area (Å²) in [5, 5.41) is 3.89. The quantitative estimate of drug-likeness (QED) is 0.882. The van der Waals surface area contributed by atoms with Crippen LogP contribution in [0.2, 0.25) is 0 Å². The Bertz CT molecular complexity index is 399. The van der Waals surface area contributed by atoms with Gasteiger partial charge in [0.05, 0.1) is 0 Å². The number of nitrogens with zero attached hydrogens (tertiary/aromatic N) is 1. The second kappa shape index (κ2) is 5.64. The van der Waals surface area contributed by atoms with E-state index in [2.05, 4.69) is 41.5 Å². The van der Waals surface area contributed by atoms with E-state index in [1.54, 1.807) is 0 Å². The summed E-state index contributed by atoms with van der Waals surface area (Å²) < 4.78 is 0. The molecule has 0 aliphatic carbocycles. The highest BCUT2D eigenvalue weighted by Crippen LogP contribution is 2.36. The third-order valence-corrected chi connectivity index (χ3v) is 5.24. The van der Waals surface area contributed by atoms with Crippen LogP contribution in [0.3, 0.4) is 0 Å². The topological polar surface area (TPSA) is 15.3 Å². The second-order valence-corrected chi connectivity index (χ2v) is 6.61. The van der Waals surface area contributed by atoms with Crippen LogP contribution >= 0.6 is 11.8 Å². The Morgan fingerprint density at radius 1 is 1.17 bits per heavy atom. The van der Waals surface area contributed by atoms with E-state index in [1.807, 2.05) is 11.8 Å². The molecule has 1 aromatic carbocycles. The van der Waals surface area contributed by atoms with Crippen LogP contribution in [0.1, 0.15) is 30.9 Å². The van der Waals surface area contributed by atoms with Gasteiger partial charge in [-0.15, -0.1) is 11.8 Å². The zero-order chi connectivity index (χ0) is 12.4. The van der Waals surface area contributed by atoms with Gasteiger partial charge in [-0.3, -0.25) is 0 Å². The molecule has 1 unspecified atom stereocenters.